The largest absolute Gasteiger partial charge is 0.479 e. The molecule has 0 saturated carbocycles. The van der Waals surface area contributed by atoms with Crippen LogP contribution in [-0.2, 0) is 11.2 Å². The van der Waals surface area contributed by atoms with Crippen molar-refractivity contribution in [2.24, 2.45) is 0 Å². The lowest BCUT2D eigenvalue weighted by Gasteiger charge is -2.02. The summed E-state index contributed by atoms with van der Waals surface area (Å²) in [7, 11) is 0. The van der Waals surface area contributed by atoms with Gasteiger partial charge in [0.15, 0.2) is 6.17 Å². The van der Waals surface area contributed by atoms with Crippen LogP contribution in [0.25, 0.3) is 0 Å². The van der Waals surface area contributed by atoms with Crippen LogP contribution in [0.2, 0.25) is 0 Å². The molecule has 0 spiro atoms. The molecule has 4 heteroatoms. The van der Waals surface area contributed by atoms with Crippen LogP contribution in [0.3, 0.4) is 0 Å². The average Bonchev–Trinajstić information content (AvgIpc) is 2.19. The first-order valence-electron chi connectivity index (χ1n) is 4.46. The molecule has 0 aliphatic heterocycles. The molecule has 0 aliphatic carbocycles. The Morgan fingerprint density at radius 3 is 3.00 bits per heavy atom. The zero-order chi connectivity index (χ0) is 10.4. The molecule has 0 aliphatic rings. The van der Waals surface area contributed by atoms with Gasteiger partial charge in [-0.25, -0.2) is 9.18 Å². The number of aryl methyl sites for hydroxylation is 1. The molecule has 3 nitrogen and oxygen atoms in total. The average molecular weight is 197 g/mol. The Bertz CT molecular complexity index is 289. The standard InChI is InChI=1S/C10H12FNO2/c11-9(10(13)14)5-1-3-8-4-2-6-12-7-8/h2,4,6-7,9H,1,3,5H2,(H,13,14)/t9-/m0/s1. The fraction of sp³-hybridized carbons (Fsp3) is 0.400. The number of carbonyl (C=O) groups is 1. The first-order valence-corrected chi connectivity index (χ1v) is 4.46. The Labute approximate surface area is 81.6 Å². The van der Waals surface area contributed by atoms with Crippen molar-refractivity contribution in [2.45, 2.75) is 25.4 Å². The zero-order valence-corrected chi connectivity index (χ0v) is 7.69. The van der Waals surface area contributed by atoms with E-state index in [1.807, 2.05) is 6.07 Å². The number of carboxylic acid groups (broad SMARTS) is 1. The summed E-state index contributed by atoms with van der Waals surface area (Å²) in [4.78, 5) is 14.1. The molecule has 1 N–H and O–H groups in total. The molecule has 14 heavy (non-hydrogen) atoms. The summed E-state index contributed by atoms with van der Waals surface area (Å²) in [5.74, 6) is -1.38. The Morgan fingerprint density at radius 1 is 1.64 bits per heavy atom. The van der Waals surface area contributed by atoms with Gasteiger partial charge in [-0.05, 0) is 30.9 Å². The summed E-state index contributed by atoms with van der Waals surface area (Å²) in [5.41, 5.74) is 1.00. The van der Waals surface area contributed by atoms with Gasteiger partial charge >= 0.3 is 5.97 Å². The van der Waals surface area contributed by atoms with Crippen molar-refractivity contribution in [1.29, 1.82) is 0 Å². The number of rotatable bonds is 5. The van der Waals surface area contributed by atoms with Gasteiger partial charge in [0, 0.05) is 12.4 Å². The molecular formula is C10H12FNO2. The topological polar surface area (TPSA) is 50.2 Å². The summed E-state index contributed by atoms with van der Waals surface area (Å²) in [6.07, 6.45) is 2.88. The van der Waals surface area contributed by atoms with E-state index in [9.17, 15) is 9.18 Å². The molecule has 1 rings (SSSR count). The summed E-state index contributed by atoms with van der Waals surface area (Å²) in [5, 5.41) is 8.29. The highest BCUT2D eigenvalue weighted by atomic mass is 19.1. The van der Waals surface area contributed by atoms with Gasteiger partial charge in [0.2, 0.25) is 0 Å². The zero-order valence-electron chi connectivity index (χ0n) is 7.69. The maximum atomic E-state index is 12.6. The van der Waals surface area contributed by atoms with E-state index in [-0.39, 0.29) is 6.42 Å². The maximum absolute atomic E-state index is 12.6. The van der Waals surface area contributed by atoms with Gasteiger partial charge in [0.25, 0.3) is 0 Å². The minimum Gasteiger partial charge on any atom is -0.479 e. The highest BCUT2D eigenvalue weighted by Crippen LogP contribution is 2.07. The number of hydrogen-bond acceptors (Lipinski definition) is 2. The number of halogens is 1. The maximum Gasteiger partial charge on any atom is 0.338 e. The SMILES string of the molecule is O=C(O)[C@@H](F)CCCc1cccnc1. The molecule has 1 atom stereocenters. The third-order valence-corrected chi connectivity index (χ3v) is 1.91. The third kappa shape index (κ3) is 3.51. The summed E-state index contributed by atoms with van der Waals surface area (Å²) < 4.78 is 12.6. The van der Waals surface area contributed by atoms with Crippen molar-refractivity contribution in [3.05, 3.63) is 30.1 Å². The van der Waals surface area contributed by atoms with Gasteiger partial charge in [0.1, 0.15) is 0 Å². The number of carboxylic acids is 1. The van der Waals surface area contributed by atoms with Crippen molar-refractivity contribution in [2.75, 3.05) is 0 Å². The van der Waals surface area contributed by atoms with Crippen LogP contribution in [0.1, 0.15) is 18.4 Å². The van der Waals surface area contributed by atoms with E-state index in [4.69, 9.17) is 5.11 Å². The number of alkyl halides is 1. The van der Waals surface area contributed by atoms with E-state index in [0.717, 1.165) is 5.56 Å². The molecule has 0 radical (unpaired) electrons. The van der Waals surface area contributed by atoms with E-state index in [0.29, 0.717) is 12.8 Å². The van der Waals surface area contributed by atoms with Crippen molar-refractivity contribution < 1.29 is 14.3 Å². The number of hydrogen-bond donors (Lipinski definition) is 1. The van der Waals surface area contributed by atoms with Gasteiger partial charge in [-0.3, -0.25) is 4.98 Å². The van der Waals surface area contributed by atoms with Crippen molar-refractivity contribution in [1.82, 2.24) is 4.98 Å². The quantitative estimate of drug-likeness (QED) is 0.783. The number of aliphatic carboxylic acids is 1. The van der Waals surface area contributed by atoms with Crippen LogP contribution in [0.15, 0.2) is 24.5 Å². The molecule has 76 valence electrons. The lowest BCUT2D eigenvalue weighted by atomic mass is 10.1. The minimum absolute atomic E-state index is 0.0597. The van der Waals surface area contributed by atoms with Gasteiger partial charge in [-0.15, -0.1) is 0 Å². The van der Waals surface area contributed by atoms with Crippen LogP contribution in [-0.4, -0.2) is 22.2 Å². The Hall–Kier alpha value is -1.45. The van der Waals surface area contributed by atoms with E-state index in [1.165, 1.54) is 0 Å². The summed E-state index contributed by atoms with van der Waals surface area (Å²) in [6, 6.07) is 3.69. The van der Waals surface area contributed by atoms with Crippen molar-refractivity contribution >= 4 is 5.97 Å². The molecule has 0 saturated heterocycles. The van der Waals surface area contributed by atoms with Gasteiger partial charge < -0.3 is 5.11 Å². The minimum atomic E-state index is -1.74. The molecule has 1 aromatic heterocycles. The second kappa shape index (κ2) is 5.32. The fourth-order valence-electron chi connectivity index (χ4n) is 1.15. The van der Waals surface area contributed by atoms with Crippen molar-refractivity contribution in [3.63, 3.8) is 0 Å². The lowest BCUT2D eigenvalue weighted by molar-refractivity contribution is -0.143. The van der Waals surface area contributed by atoms with Crippen LogP contribution >= 0.6 is 0 Å². The van der Waals surface area contributed by atoms with Crippen LogP contribution in [0.5, 0.6) is 0 Å². The molecule has 0 bridgehead atoms. The predicted molar refractivity (Wildman–Crippen MR) is 49.7 cm³/mol. The van der Waals surface area contributed by atoms with E-state index >= 15 is 0 Å². The second-order valence-corrected chi connectivity index (χ2v) is 3.06. The normalized spacial score (nSPS) is 12.4. The summed E-state index contributed by atoms with van der Waals surface area (Å²) in [6.45, 7) is 0. The molecule has 0 aromatic carbocycles. The number of aromatic nitrogens is 1. The van der Waals surface area contributed by atoms with E-state index < -0.39 is 12.1 Å². The number of nitrogens with zero attached hydrogens (tertiary/aromatic N) is 1. The highest BCUT2D eigenvalue weighted by Gasteiger charge is 2.14. The first-order chi connectivity index (χ1) is 6.70. The first kappa shape index (κ1) is 10.6. The van der Waals surface area contributed by atoms with Gasteiger partial charge in [0.05, 0.1) is 0 Å². The number of pyridine rings is 1. The Kier molecular flexibility index (Phi) is 4.04. The summed E-state index contributed by atoms with van der Waals surface area (Å²) >= 11 is 0. The monoisotopic (exact) mass is 197 g/mol. The van der Waals surface area contributed by atoms with Crippen molar-refractivity contribution in [3.8, 4) is 0 Å². The van der Waals surface area contributed by atoms with E-state index in [1.54, 1.807) is 18.5 Å². The molecule has 0 unspecified atom stereocenters. The molecule has 0 amide bonds. The Balaban J connectivity index is 2.26. The van der Waals surface area contributed by atoms with Crippen LogP contribution in [0, 0.1) is 0 Å². The highest BCUT2D eigenvalue weighted by molar-refractivity contribution is 5.71. The van der Waals surface area contributed by atoms with E-state index in [2.05, 4.69) is 4.98 Å². The van der Waals surface area contributed by atoms with Crippen LogP contribution < -0.4 is 0 Å². The van der Waals surface area contributed by atoms with Gasteiger partial charge in [-0.1, -0.05) is 6.07 Å². The second-order valence-electron chi connectivity index (χ2n) is 3.06. The lowest BCUT2D eigenvalue weighted by Crippen LogP contribution is -2.14. The predicted octanol–water partition coefficient (Wildman–Crippen LogP) is 1.83. The van der Waals surface area contributed by atoms with Crippen LogP contribution in [0.4, 0.5) is 4.39 Å². The molecule has 0 fully saturated rings. The molecule has 1 heterocycles. The smallest absolute Gasteiger partial charge is 0.338 e. The molecular weight excluding hydrogens is 185 g/mol. The van der Waals surface area contributed by atoms with Gasteiger partial charge in [-0.2, -0.15) is 0 Å². The Morgan fingerprint density at radius 2 is 2.43 bits per heavy atom. The molecule has 1 aromatic rings. The fourth-order valence-corrected chi connectivity index (χ4v) is 1.15. The third-order valence-electron chi connectivity index (χ3n) is 1.91.